The van der Waals surface area contributed by atoms with Crippen molar-refractivity contribution in [2.45, 2.75) is 20.8 Å². The summed E-state index contributed by atoms with van der Waals surface area (Å²) in [7, 11) is 9.53. The van der Waals surface area contributed by atoms with E-state index in [0.29, 0.717) is 0 Å². The van der Waals surface area contributed by atoms with E-state index in [-0.39, 0.29) is 13.1 Å². The molecule has 20 heavy (non-hydrogen) atoms. The Bertz CT molecular complexity index is 551. The summed E-state index contributed by atoms with van der Waals surface area (Å²) in [6, 6.07) is 12.1. The summed E-state index contributed by atoms with van der Waals surface area (Å²) in [6.07, 6.45) is 1.79. The topological polar surface area (TPSA) is 25.2 Å². The zero-order valence-corrected chi connectivity index (χ0v) is 14.2. The van der Waals surface area contributed by atoms with E-state index in [1.807, 2.05) is 25.1 Å². The summed E-state index contributed by atoms with van der Waals surface area (Å²) >= 11 is 0.194. The fraction of sp³-hybridized carbons (Fsp3) is 0.200. The molecule has 0 N–H and O–H groups in total. The van der Waals surface area contributed by atoms with Crippen molar-refractivity contribution in [1.29, 1.82) is 0 Å². The van der Waals surface area contributed by atoms with E-state index in [1.54, 1.807) is 6.20 Å². The molecule has 2 rings (SSSR count). The molecule has 5 heteroatoms. The molecule has 1 aromatic carbocycles. The van der Waals surface area contributed by atoms with E-state index in [1.165, 1.54) is 11.1 Å². The molecule has 0 unspecified atom stereocenters. The number of para-hydroxylation sites is 1. The van der Waals surface area contributed by atoms with Crippen molar-refractivity contribution >= 4 is 31.6 Å². The van der Waals surface area contributed by atoms with Crippen LogP contribution < -0.4 is 0 Å². The fourth-order valence-corrected chi connectivity index (χ4v) is 1.78. The molecule has 0 aliphatic heterocycles. The zero-order chi connectivity index (χ0) is 15.0. The molecule has 0 radical (unpaired) electrons. The summed E-state index contributed by atoms with van der Waals surface area (Å²) in [4.78, 5) is 8.99. The molecule has 0 aliphatic carbocycles. The predicted molar refractivity (Wildman–Crippen MR) is 83.7 cm³/mol. The monoisotopic (exact) mass is 350 g/mol. The average Bonchev–Trinajstić information content (AvgIpc) is 2.45. The molecule has 0 saturated carbocycles. The Labute approximate surface area is 134 Å². The minimum absolute atomic E-state index is 0.194. The molecule has 1 aromatic heterocycles. The SMILES string of the molecule is CC(=Nc1c(C)cccc1C)c1ccccn1.[Cl][Fe][Cl]. The van der Waals surface area contributed by atoms with Crippen LogP contribution in [-0.4, -0.2) is 10.7 Å². The van der Waals surface area contributed by atoms with E-state index in [4.69, 9.17) is 20.2 Å². The number of benzene rings is 1. The van der Waals surface area contributed by atoms with Crippen molar-refractivity contribution < 1.29 is 13.1 Å². The molecular weight excluding hydrogens is 335 g/mol. The van der Waals surface area contributed by atoms with Crippen molar-refractivity contribution in [3.63, 3.8) is 0 Å². The van der Waals surface area contributed by atoms with Crippen LogP contribution in [0.15, 0.2) is 47.6 Å². The van der Waals surface area contributed by atoms with E-state index >= 15 is 0 Å². The number of halogens is 2. The van der Waals surface area contributed by atoms with Crippen molar-refractivity contribution in [1.82, 2.24) is 4.98 Å². The van der Waals surface area contributed by atoms with E-state index in [2.05, 4.69) is 42.0 Å². The number of aliphatic imine (C=N–C) groups is 1. The molecule has 0 atom stereocenters. The maximum absolute atomic E-state index is 4.76. The normalized spacial score (nSPS) is 10.9. The third-order valence-corrected chi connectivity index (χ3v) is 2.75. The Morgan fingerprint density at radius 2 is 1.65 bits per heavy atom. The van der Waals surface area contributed by atoms with Gasteiger partial charge in [0.25, 0.3) is 0 Å². The minimum atomic E-state index is 0.194. The molecule has 2 aromatic rings. The number of aryl methyl sites for hydroxylation is 2. The van der Waals surface area contributed by atoms with Crippen LogP contribution in [-0.2, 0) is 13.1 Å². The van der Waals surface area contributed by atoms with Gasteiger partial charge in [-0.15, -0.1) is 0 Å². The van der Waals surface area contributed by atoms with Crippen LogP contribution in [0.4, 0.5) is 5.69 Å². The quantitative estimate of drug-likeness (QED) is 0.538. The van der Waals surface area contributed by atoms with Crippen molar-refractivity contribution in [2.75, 3.05) is 0 Å². The van der Waals surface area contributed by atoms with Gasteiger partial charge in [0.2, 0.25) is 0 Å². The molecule has 2 nitrogen and oxygen atoms in total. The third-order valence-electron chi connectivity index (χ3n) is 2.75. The summed E-state index contributed by atoms with van der Waals surface area (Å²) < 4.78 is 0. The molecule has 0 saturated heterocycles. The van der Waals surface area contributed by atoms with Crippen LogP contribution in [0.1, 0.15) is 23.7 Å². The van der Waals surface area contributed by atoms with Crippen LogP contribution >= 0.6 is 20.2 Å². The summed E-state index contributed by atoms with van der Waals surface area (Å²) in [5, 5.41) is 0. The Morgan fingerprint density at radius 1 is 1.05 bits per heavy atom. The van der Waals surface area contributed by atoms with Crippen LogP contribution in [0.3, 0.4) is 0 Å². The third kappa shape index (κ3) is 5.26. The van der Waals surface area contributed by atoms with Gasteiger partial charge >= 0.3 is 33.3 Å². The second kappa shape index (κ2) is 9.14. The molecule has 0 bridgehead atoms. The van der Waals surface area contributed by atoms with Crippen molar-refractivity contribution in [3.8, 4) is 0 Å². The zero-order valence-electron chi connectivity index (χ0n) is 11.5. The number of pyridine rings is 1. The fourth-order valence-electron chi connectivity index (χ4n) is 1.78. The second-order valence-electron chi connectivity index (χ2n) is 4.20. The van der Waals surface area contributed by atoms with Crippen LogP contribution in [0.2, 0.25) is 0 Å². The Morgan fingerprint density at radius 3 is 2.15 bits per heavy atom. The number of nitrogens with zero attached hydrogens (tertiary/aromatic N) is 2. The second-order valence-corrected chi connectivity index (χ2v) is 6.03. The van der Waals surface area contributed by atoms with Gasteiger partial charge < -0.3 is 0 Å². The molecular formula is C15H16Cl2FeN2. The standard InChI is InChI=1S/C15H16N2.2ClH.Fe/c1-11-7-6-8-12(2)15(11)17-13(3)14-9-4-5-10-16-14;;;/h4-10H,1-3H3;2*1H;/q;;;+2/p-2. The van der Waals surface area contributed by atoms with Crippen LogP contribution in [0, 0.1) is 13.8 Å². The Hall–Kier alpha value is -0.861. The first-order valence-electron chi connectivity index (χ1n) is 5.98. The van der Waals surface area contributed by atoms with Gasteiger partial charge in [0, 0.05) is 6.20 Å². The Kier molecular flexibility index (Phi) is 7.86. The van der Waals surface area contributed by atoms with Crippen LogP contribution in [0.5, 0.6) is 0 Å². The first-order chi connectivity index (χ1) is 9.60. The van der Waals surface area contributed by atoms with Gasteiger partial charge in [-0.05, 0) is 44.0 Å². The van der Waals surface area contributed by atoms with Crippen LogP contribution in [0.25, 0.3) is 0 Å². The molecule has 0 aliphatic rings. The maximum atomic E-state index is 4.76. The van der Waals surface area contributed by atoms with E-state index in [0.717, 1.165) is 17.1 Å². The van der Waals surface area contributed by atoms with Gasteiger partial charge in [-0.3, -0.25) is 9.98 Å². The van der Waals surface area contributed by atoms with Gasteiger partial charge in [0.1, 0.15) is 0 Å². The van der Waals surface area contributed by atoms with Crippen molar-refractivity contribution in [3.05, 3.63) is 59.4 Å². The molecule has 108 valence electrons. The number of aromatic nitrogens is 1. The van der Waals surface area contributed by atoms with Crippen molar-refractivity contribution in [2.24, 2.45) is 4.99 Å². The summed E-state index contributed by atoms with van der Waals surface area (Å²) in [6.45, 7) is 6.16. The van der Waals surface area contributed by atoms with Gasteiger partial charge in [-0.25, -0.2) is 0 Å². The van der Waals surface area contributed by atoms with E-state index in [9.17, 15) is 0 Å². The number of hydrogen-bond donors (Lipinski definition) is 0. The van der Waals surface area contributed by atoms with Gasteiger partial charge in [0.15, 0.2) is 0 Å². The molecule has 0 amide bonds. The summed E-state index contributed by atoms with van der Waals surface area (Å²) in [5.41, 5.74) is 5.31. The van der Waals surface area contributed by atoms with Gasteiger partial charge in [-0.2, -0.15) is 0 Å². The summed E-state index contributed by atoms with van der Waals surface area (Å²) in [5.74, 6) is 0. The number of rotatable bonds is 2. The average molecular weight is 351 g/mol. The molecule has 0 fully saturated rings. The van der Waals surface area contributed by atoms with Gasteiger partial charge in [0.05, 0.1) is 17.1 Å². The Balaban J connectivity index is 0.000000612. The predicted octanol–water partition coefficient (Wildman–Crippen LogP) is 5.22. The first kappa shape index (κ1) is 17.2. The molecule has 1 heterocycles. The number of hydrogen-bond acceptors (Lipinski definition) is 2. The molecule has 0 spiro atoms. The van der Waals surface area contributed by atoms with E-state index < -0.39 is 0 Å². The van der Waals surface area contributed by atoms with Gasteiger partial charge in [-0.1, -0.05) is 24.3 Å². The first-order valence-corrected chi connectivity index (χ1v) is 9.02.